The van der Waals surface area contributed by atoms with Gasteiger partial charge < -0.3 is 11.1 Å². The van der Waals surface area contributed by atoms with E-state index in [1.807, 2.05) is 5.38 Å². The van der Waals surface area contributed by atoms with Gasteiger partial charge in [0.15, 0.2) is 0 Å². The van der Waals surface area contributed by atoms with E-state index in [0.717, 1.165) is 5.01 Å². The average Bonchev–Trinajstić information content (AvgIpc) is 2.82. The molecule has 0 fully saturated rings. The van der Waals surface area contributed by atoms with Gasteiger partial charge in [-0.2, -0.15) is 0 Å². The summed E-state index contributed by atoms with van der Waals surface area (Å²) >= 11 is 7.33. The summed E-state index contributed by atoms with van der Waals surface area (Å²) in [6.07, 6.45) is 1.69. The average molecular weight is 268 g/mol. The number of hydrogen-bond acceptors (Lipinski definition) is 4. The molecule has 1 heterocycles. The second kappa shape index (κ2) is 5.16. The van der Waals surface area contributed by atoms with E-state index in [0.29, 0.717) is 22.8 Å². The van der Waals surface area contributed by atoms with E-state index < -0.39 is 0 Å². The highest BCUT2D eigenvalue weighted by Gasteiger charge is 2.11. The van der Waals surface area contributed by atoms with Crippen molar-refractivity contribution in [2.45, 2.75) is 6.54 Å². The predicted octanol–water partition coefficient (Wildman–Crippen LogP) is 2.31. The zero-order valence-corrected chi connectivity index (χ0v) is 10.4. The largest absolute Gasteiger partial charge is 0.397 e. The zero-order chi connectivity index (χ0) is 12.3. The van der Waals surface area contributed by atoms with Crippen LogP contribution < -0.4 is 11.1 Å². The van der Waals surface area contributed by atoms with Crippen LogP contribution in [0.15, 0.2) is 29.8 Å². The highest BCUT2D eigenvalue weighted by atomic mass is 35.5. The van der Waals surface area contributed by atoms with Crippen molar-refractivity contribution in [2.75, 3.05) is 5.73 Å². The number of nitrogen functional groups attached to an aromatic ring is 1. The lowest BCUT2D eigenvalue weighted by molar-refractivity contribution is 0.0952. The fourth-order valence-corrected chi connectivity index (χ4v) is 2.06. The number of nitrogens with zero attached hydrogens (tertiary/aromatic N) is 1. The Hall–Kier alpha value is -1.59. The van der Waals surface area contributed by atoms with Crippen LogP contribution in [0, 0.1) is 0 Å². The van der Waals surface area contributed by atoms with E-state index in [9.17, 15) is 4.79 Å². The standard InChI is InChI=1S/C11H10ClN3OS/c12-8-3-1-2-7(10(8)13)11(16)15-6-9-14-4-5-17-9/h1-5H,6,13H2,(H,15,16). The summed E-state index contributed by atoms with van der Waals surface area (Å²) in [4.78, 5) is 15.9. The molecule has 0 saturated heterocycles. The lowest BCUT2D eigenvalue weighted by Gasteiger charge is -2.07. The van der Waals surface area contributed by atoms with Gasteiger partial charge in [-0.15, -0.1) is 11.3 Å². The van der Waals surface area contributed by atoms with Crippen LogP contribution in [-0.2, 0) is 6.54 Å². The van der Waals surface area contributed by atoms with Crippen molar-refractivity contribution in [1.29, 1.82) is 0 Å². The molecule has 3 N–H and O–H groups in total. The minimum absolute atomic E-state index is 0.250. The summed E-state index contributed by atoms with van der Waals surface area (Å²) in [5, 5.41) is 5.82. The molecule has 0 aliphatic carbocycles. The van der Waals surface area contributed by atoms with Gasteiger partial charge in [-0.25, -0.2) is 4.98 Å². The monoisotopic (exact) mass is 267 g/mol. The van der Waals surface area contributed by atoms with E-state index >= 15 is 0 Å². The number of carbonyl (C=O) groups excluding carboxylic acids is 1. The first-order chi connectivity index (χ1) is 8.18. The SMILES string of the molecule is Nc1c(Cl)cccc1C(=O)NCc1nccs1. The van der Waals surface area contributed by atoms with Gasteiger partial charge in [0.05, 0.1) is 22.8 Å². The van der Waals surface area contributed by atoms with E-state index in [1.54, 1.807) is 24.4 Å². The van der Waals surface area contributed by atoms with Crippen molar-refractivity contribution >= 4 is 34.5 Å². The molecular formula is C11H10ClN3OS. The van der Waals surface area contributed by atoms with Crippen LogP contribution in [0.25, 0.3) is 0 Å². The Morgan fingerprint density at radius 1 is 1.53 bits per heavy atom. The maximum atomic E-state index is 11.8. The molecule has 6 heteroatoms. The number of anilines is 1. The number of para-hydroxylation sites is 1. The third kappa shape index (κ3) is 2.75. The number of hydrogen-bond donors (Lipinski definition) is 2. The minimum atomic E-state index is -0.250. The number of nitrogens with one attached hydrogen (secondary N) is 1. The van der Waals surface area contributed by atoms with Crippen LogP contribution in [0.1, 0.15) is 15.4 Å². The molecule has 0 aliphatic heterocycles. The van der Waals surface area contributed by atoms with Crippen molar-refractivity contribution in [3.05, 3.63) is 45.4 Å². The quantitative estimate of drug-likeness (QED) is 0.839. The van der Waals surface area contributed by atoms with Crippen LogP contribution in [0.3, 0.4) is 0 Å². The van der Waals surface area contributed by atoms with Gasteiger partial charge in [-0.1, -0.05) is 17.7 Å². The Morgan fingerprint density at radius 3 is 3.06 bits per heavy atom. The molecule has 2 rings (SSSR count). The van der Waals surface area contributed by atoms with Gasteiger partial charge in [0.2, 0.25) is 0 Å². The topological polar surface area (TPSA) is 68.0 Å². The highest BCUT2D eigenvalue weighted by molar-refractivity contribution is 7.09. The van der Waals surface area contributed by atoms with Gasteiger partial charge in [-0.05, 0) is 12.1 Å². The van der Waals surface area contributed by atoms with Crippen LogP contribution in [0.4, 0.5) is 5.69 Å². The fraction of sp³-hybridized carbons (Fsp3) is 0.0909. The molecule has 0 atom stereocenters. The van der Waals surface area contributed by atoms with Crippen LogP contribution >= 0.6 is 22.9 Å². The molecule has 0 saturated carbocycles. The van der Waals surface area contributed by atoms with Crippen molar-refractivity contribution in [1.82, 2.24) is 10.3 Å². The summed E-state index contributed by atoms with van der Waals surface area (Å²) < 4.78 is 0. The Bertz CT molecular complexity index is 528. The second-order valence-electron chi connectivity index (χ2n) is 3.31. The normalized spacial score (nSPS) is 10.2. The van der Waals surface area contributed by atoms with E-state index in [-0.39, 0.29) is 5.91 Å². The molecule has 0 radical (unpaired) electrons. The fourth-order valence-electron chi connectivity index (χ4n) is 1.33. The van der Waals surface area contributed by atoms with E-state index in [4.69, 9.17) is 17.3 Å². The molecule has 17 heavy (non-hydrogen) atoms. The van der Waals surface area contributed by atoms with Crippen molar-refractivity contribution in [2.24, 2.45) is 0 Å². The third-order valence-corrected chi connectivity index (χ3v) is 3.29. The number of thiazole rings is 1. The van der Waals surface area contributed by atoms with Crippen molar-refractivity contribution < 1.29 is 4.79 Å². The number of rotatable bonds is 3. The molecule has 1 aromatic carbocycles. The van der Waals surface area contributed by atoms with Gasteiger partial charge in [0.1, 0.15) is 5.01 Å². The molecule has 4 nitrogen and oxygen atoms in total. The van der Waals surface area contributed by atoms with Crippen LogP contribution in [0.5, 0.6) is 0 Å². The highest BCUT2D eigenvalue weighted by Crippen LogP contribution is 2.22. The Labute approximate surface area is 107 Å². The molecule has 1 amide bonds. The zero-order valence-electron chi connectivity index (χ0n) is 8.81. The Morgan fingerprint density at radius 2 is 2.35 bits per heavy atom. The minimum Gasteiger partial charge on any atom is -0.397 e. The van der Waals surface area contributed by atoms with Crippen LogP contribution in [0.2, 0.25) is 5.02 Å². The number of nitrogens with two attached hydrogens (primary N) is 1. The van der Waals surface area contributed by atoms with Gasteiger partial charge in [0.25, 0.3) is 5.91 Å². The van der Waals surface area contributed by atoms with E-state index in [1.165, 1.54) is 11.3 Å². The molecule has 1 aromatic heterocycles. The summed E-state index contributed by atoms with van der Waals surface area (Å²) in [6.45, 7) is 0.391. The summed E-state index contributed by atoms with van der Waals surface area (Å²) in [5.41, 5.74) is 6.41. The first-order valence-corrected chi connectivity index (χ1v) is 6.15. The van der Waals surface area contributed by atoms with Crippen LogP contribution in [-0.4, -0.2) is 10.9 Å². The number of halogens is 1. The third-order valence-electron chi connectivity index (χ3n) is 2.18. The molecule has 0 spiro atoms. The number of carbonyl (C=O) groups is 1. The van der Waals surface area contributed by atoms with Gasteiger partial charge in [0, 0.05) is 11.6 Å². The lowest BCUT2D eigenvalue weighted by Crippen LogP contribution is -2.23. The number of benzene rings is 1. The molecule has 0 aliphatic rings. The second-order valence-corrected chi connectivity index (χ2v) is 4.70. The summed E-state index contributed by atoms with van der Waals surface area (Å²) in [7, 11) is 0. The molecular weight excluding hydrogens is 258 g/mol. The smallest absolute Gasteiger partial charge is 0.253 e. The Balaban J connectivity index is 2.07. The first kappa shape index (κ1) is 11.9. The molecule has 2 aromatic rings. The first-order valence-electron chi connectivity index (χ1n) is 4.89. The number of amides is 1. The van der Waals surface area contributed by atoms with E-state index in [2.05, 4.69) is 10.3 Å². The molecule has 0 bridgehead atoms. The maximum Gasteiger partial charge on any atom is 0.253 e. The maximum absolute atomic E-state index is 11.8. The van der Waals surface area contributed by atoms with Gasteiger partial charge in [-0.3, -0.25) is 4.79 Å². The van der Waals surface area contributed by atoms with Gasteiger partial charge >= 0.3 is 0 Å². The number of aromatic nitrogens is 1. The molecule has 88 valence electrons. The molecule has 0 unspecified atom stereocenters. The Kier molecular flexibility index (Phi) is 3.61. The predicted molar refractivity (Wildman–Crippen MR) is 69.1 cm³/mol. The summed E-state index contributed by atoms with van der Waals surface area (Å²) in [6, 6.07) is 4.98. The summed E-state index contributed by atoms with van der Waals surface area (Å²) in [5.74, 6) is -0.250. The van der Waals surface area contributed by atoms with Crippen molar-refractivity contribution in [3.63, 3.8) is 0 Å². The lowest BCUT2D eigenvalue weighted by atomic mass is 10.1. The van der Waals surface area contributed by atoms with Crippen molar-refractivity contribution in [3.8, 4) is 0 Å².